The van der Waals surface area contributed by atoms with Gasteiger partial charge in [-0.05, 0) is 17.7 Å². The van der Waals surface area contributed by atoms with Crippen molar-refractivity contribution in [2.75, 3.05) is 19.0 Å². The van der Waals surface area contributed by atoms with Gasteiger partial charge in [-0.2, -0.15) is 0 Å². The Kier molecular flexibility index (Phi) is 4.85. The molecule has 106 valence electrons. The lowest BCUT2D eigenvalue weighted by Gasteiger charge is -2.07. The highest BCUT2D eigenvalue weighted by molar-refractivity contribution is 7.84. The standard InChI is InChI=1S/C11H11Cl2N5OS/c1-18(2)10-14-16-11(17-15-10)20(19)6-7-3-4-8(12)9(13)5-7/h3-5H,6H2,1-2H3. The summed E-state index contributed by atoms with van der Waals surface area (Å²) in [7, 11) is 2.10. The molecule has 0 spiro atoms. The van der Waals surface area contributed by atoms with Gasteiger partial charge in [0.1, 0.15) is 0 Å². The van der Waals surface area contributed by atoms with Crippen molar-refractivity contribution in [3.05, 3.63) is 33.8 Å². The third-order valence-electron chi connectivity index (χ3n) is 2.34. The molecular formula is C11H11Cl2N5OS. The summed E-state index contributed by atoms with van der Waals surface area (Å²) < 4.78 is 12.1. The van der Waals surface area contributed by atoms with Gasteiger partial charge < -0.3 is 4.90 Å². The van der Waals surface area contributed by atoms with Crippen LogP contribution in [-0.2, 0) is 16.6 Å². The van der Waals surface area contributed by atoms with E-state index >= 15 is 0 Å². The minimum Gasteiger partial charge on any atom is -0.344 e. The molecule has 20 heavy (non-hydrogen) atoms. The minimum atomic E-state index is -1.44. The Morgan fingerprint density at radius 3 is 2.30 bits per heavy atom. The zero-order valence-corrected chi connectivity index (χ0v) is 13.1. The van der Waals surface area contributed by atoms with E-state index in [1.807, 2.05) is 0 Å². The van der Waals surface area contributed by atoms with Gasteiger partial charge in [0.25, 0.3) is 11.1 Å². The highest BCUT2D eigenvalue weighted by atomic mass is 35.5. The maximum atomic E-state index is 12.1. The van der Waals surface area contributed by atoms with Crippen molar-refractivity contribution in [1.82, 2.24) is 20.4 Å². The van der Waals surface area contributed by atoms with Crippen molar-refractivity contribution in [3.63, 3.8) is 0 Å². The average Bonchev–Trinajstić information content (AvgIpc) is 2.43. The molecule has 1 aromatic carbocycles. The Labute approximate surface area is 128 Å². The van der Waals surface area contributed by atoms with Gasteiger partial charge in [0, 0.05) is 14.1 Å². The molecule has 6 nitrogen and oxygen atoms in total. The molecule has 0 aliphatic rings. The summed E-state index contributed by atoms with van der Waals surface area (Å²) in [6, 6.07) is 5.07. The molecule has 0 N–H and O–H groups in total. The lowest BCUT2D eigenvalue weighted by Crippen LogP contribution is -2.16. The number of halogens is 2. The summed E-state index contributed by atoms with van der Waals surface area (Å²) in [5.41, 5.74) is 0.776. The molecule has 0 radical (unpaired) electrons. The molecule has 0 aliphatic heterocycles. The fraction of sp³-hybridized carbons (Fsp3) is 0.273. The van der Waals surface area contributed by atoms with Gasteiger partial charge in [-0.15, -0.1) is 20.4 Å². The van der Waals surface area contributed by atoms with Crippen LogP contribution in [0.4, 0.5) is 5.95 Å². The molecule has 1 heterocycles. The average molecular weight is 332 g/mol. The second kappa shape index (κ2) is 6.43. The molecule has 9 heteroatoms. The number of nitrogens with zero attached hydrogens (tertiary/aromatic N) is 5. The number of anilines is 1. The quantitative estimate of drug-likeness (QED) is 0.852. The third-order valence-corrected chi connectivity index (χ3v) is 4.24. The van der Waals surface area contributed by atoms with Crippen LogP contribution in [0.5, 0.6) is 0 Å². The summed E-state index contributed by atoms with van der Waals surface area (Å²) in [5, 5.41) is 16.2. The fourth-order valence-electron chi connectivity index (χ4n) is 1.33. The summed E-state index contributed by atoms with van der Waals surface area (Å²) in [6.45, 7) is 0. The summed E-state index contributed by atoms with van der Waals surface area (Å²) in [4.78, 5) is 1.66. The zero-order chi connectivity index (χ0) is 14.7. The highest BCUT2D eigenvalue weighted by Crippen LogP contribution is 2.23. The van der Waals surface area contributed by atoms with Crippen molar-refractivity contribution in [2.24, 2.45) is 0 Å². The second-order valence-corrected chi connectivity index (χ2v) is 6.27. The van der Waals surface area contributed by atoms with Crippen molar-refractivity contribution in [1.29, 1.82) is 0 Å². The molecule has 0 aliphatic carbocycles. The molecule has 2 aromatic rings. The van der Waals surface area contributed by atoms with E-state index < -0.39 is 10.8 Å². The molecule has 0 amide bonds. The first-order chi connectivity index (χ1) is 9.47. The molecule has 1 aromatic heterocycles. The Hall–Kier alpha value is -1.31. The van der Waals surface area contributed by atoms with E-state index in [4.69, 9.17) is 23.2 Å². The first-order valence-corrected chi connectivity index (χ1v) is 7.62. The van der Waals surface area contributed by atoms with Gasteiger partial charge in [0.2, 0.25) is 0 Å². The topological polar surface area (TPSA) is 71.9 Å². The van der Waals surface area contributed by atoms with E-state index in [9.17, 15) is 4.21 Å². The van der Waals surface area contributed by atoms with Crippen LogP contribution < -0.4 is 4.90 Å². The first kappa shape index (κ1) is 15.1. The molecule has 0 saturated heterocycles. The van der Waals surface area contributed by atoms with Crippen molar-refractivity contribution in [3.8, 4) is 0 Å². The lowest BCUT2D eigenvalue weighted by molar-refractivity contribution is 0.657. The Balaban J connectivity index is 2.13. The van der Waals surface area contributed by atoms with Crippen LogP contribution in [0.1, 0.15) is 5.56 Å². The molecule has 1 atom stereocenters. The smallest absolute Gasteiger partial charge is 0.264 e. The van der Waals surface area contributed by atoms with E-state index in [1.54, 1.807) is 37.2 Å². The van der Waals surface area contributed by atoms with Gasteiger partial charge in [-0.25, -0.2) is 0 Å². The predicted octanol–water partition coefficient (Wildman–Crippen LogP) is 1.95. The van der Waals surface area contributed by atoms with Crippen molar-refractivity contribution >= 4 is 39.9 Å². The van der Waals surface area contributed by atoms with Gasteiger partial charge in [-0.3, -0.25) is 4.21 Å². The lowest BCUT2D eigenvalue weighted by atomic mass is 10.2. The predicted molar refractivity (Wildman–Crippen MR) is 78.5 cm³/mol. The SMILES string of the molecule is CN(C)c1nnc(S(=O)Cc2ccc(Cl)c(Cl)c2)nn1. The van der Waals surface area contributed by atoms with E-state index in [1.165, 1.54) is 0 Å². The van der Waals surface area contributed by atoms with Crippen molar-refractivity contribution < 1.29 is 4.21 Å². The summed E-state index contributed by atoms with van der Waals surface area (Å²) >= 11 is 11.7. The Morgan fingerprint density at radius 1 is 1.10 bits per heavy atom. The van der Waals surface area contributed by atoms with Gasteiger partial charge in [0.05, 0.1) is 26.6 Å². The van der Waals surface area contributed by atoms with E-state index in [0.717, 1.165) is 5.56 Å². The fourth-order valence-corrected chi connectivity index (χ4v) is 2.53. The van der Waals surface area contributed by atoms with Crippen LogP contribution in [-0.4, -0.2) is 38.7 Å². The van der Waals surface area contributed by atoms with Crippen LogP contribution in [0.3, 0.4) is 0 Å². The Bertz CT molecular complexity index is 635. The maximum Gasteiger partial charge on any atom is 0.264 e. The summed E-state index contributed by atoms with van der Waals surface area (Å²) in [6.07, 6.45) is 0. The monoisotopic (exact) mass is 331 g/mol. The maximum absolute atomic E-state index is 12.1. The number of hydrogen-bond acceptors (Lipinski definition) is 6. The molecule has 0 saturated carbocycles. The van der Waals surface area contributed by atoms with Gasteiger partial charge >= 0.3 is 0 Å². The van der Waals surface area contributed by atoms with Crippen molar-refractivity contribution in [2.45, 2.75) is 10.9 Å². The van der Waals surface area contributed by atoms with Gasteiger partial charge in [0.15, 0.2) is 0 Å². The normalized spacial score (nSPS) is 12.2. The van der Waals surface area contributed by atoms with Crippen LogP contribution in [0.25, 0.3) is 0 Å². The molecule has 2 rings (SSSR count). The number of hydrogen-bond donors (Lipinski definition) is 0. The highest BCUT2D eigenvalue weighted by Gasteiger charge is 2.12. The second-order valence-electron chi connectivity index (χ2n) is 4.12. The largest absolute Gasteiger partial charge is 0.344 e. The Morgan fingerprint density at radius 2 is 1.75 bits per heavy atom. The molecular weight excluding hydrogens is 321 g/mol. The van der Waals surface area contributed by atoms with Crippen LogP contribution >= 0.6 is 23.2 Å². The van der Waals surface area contributed by atoms with Gasteiger partial charge in [-0.1, -0.05) is 29.3 Å². The van der Waals surface area contributed by atoms with Crippen LogP contribution in [0.2, 0.25) is 10.0 Å². The summed E-state index contributed by atoms with van der Waals surface area (Å²) in [5.74, 6) is 0.585. The number of benzene rings is 1. The number of aromatic nitrogens is 4. The zero-order valence-electron chi connectivity index (χ0n) is 10.7. The van der Waals surface area contributed by atoms with Crippen LogP contribution in [0.15, 0.2) is 23.4 Å². The number of rotatable bonds is 4. The molecule has 0 bridgehead atoms. The van der Waals surface area contributed by atoms with E-state index in [-0.39, 0.29) is 10.9 Å². The third kappa shape index (κ3) is 3.62. The first-order valence-electron chi connectivity index (χ1n) is 5.54. The minimum absolute atomic E-state index is 0.0849. The van der Waals surface area contributed by atoms with E-state index in [0.29, 0.717) is 16.0 Å². The molecule has 1 unspecified atom stereocenters. The van der Waals surface area contributed by atoms with E-state index in [2.05, 4.69) is 20.4 Å². The molecule has 0 fully saturated rings. The van der Waals surface area contributed by atoms with Crippen LogP contribution in [0, 0.1) is 0 Å².